The first kappa shape index (κ1) is 21.9. The molecule has 156 valence electrons. The number of rotatable bonds is 6. The second-order valence-corrected chi connectivity index (χ2v) is 6.02. The highest BCUT2D eigenvalue weighted by Crippen LogP contribution is 2.30. The zero-order valence-corrected chi connectivity index (χ0v) is 14.3. The van der Waals surface area contributed by atoms with E-state index in [0.29, 0.717) is 0 Å². The van der Waals surface area contributed by atoms with Crippen LogP contribution in [0.3, 0.4) is 0 Å². The summed E-state index contributed by atoms with van der Waals surface area (Å²) in [6.07, 6.45) is -17.0. The Hall–Kier alpha value is -1.42. The normalized spacial score (nSPS) is 45.4. The highest BCUT2D eigenvalue weighted by molar-refractivity contribution is 5.74. The van der Waals surface area contributed by atoms with Gasteiger partial charge in [-0.1, -0.05) is 0 Å². The molecule has 0 aromatic heterocycles. The minimum atomic E-state index is -1.89. The van der Waals surface area contributed by atoms with E-state index < -0.39 is 73.4 Å². The van der Waals surface area contributed by atoms with E-state index in [9.17, 15) is 40.2 Å². The molecule has 27 heavy (non-hydrogen) atoms. The Balaban J connectivity index is 2.27. The molecule has 6 N–H and O–H groups in total. The van der Waals surface area contributed by atoms with Gasteiger partial charge in [-0.2, -0.15) is 0 Å². The lowest BCUT2D eigenvalue weighted by atomic mass is 9.96. The van der Waals surface area contributed by atoms with Crippen LogP contribution in [0.15, 0.2) is 0 Å². The Bertz CT molecular complexity index is 541. The third-order valence-corrected chi connectivity index (χ3v) is 4.40. The number of aliphatic carboxylic acids is 2. The monoisotopic (exact) mass is 398 g/mol. The minimum Gasteiger partial charge on any atom is -0.479 e. The van der Waals surface area contributed by atoms with Crippen molar-refractivity contribution in [3.8, 4) is 0 Å². The number of ether oxygens (including phenoxy) is 5. The number of carboxylic acid groups (broad SMARTS) is 2. The van der Waals surface area contributed by atoms with Crippen LogP contribution in [0.2, 0.25) is 0 Å². The second-order valence-electron chi connectivity index (χ2n) is 6.02. The maximum absolute atomic E-state index is 11.4. The van der Waals surface area contributed by atoms with Crippen LogP contribution < -0.4 is 0 Å². The molecule has 2 saturated heterocycles. The number of methoxy groups -OCH3 is 2. The fourth-order valence-corrected chi connectivity index (χ4v) is 3.02. The van der Waals surface area contributed by atoms with Crippen LogP contribution in [0.4, 0.5) is 0 Å². The topological polar surface area (TPSA) is 202 Å². The molecular formula is C14H22O13. The first-order chi connectivity index (χ1) is 12.6. The quantitative estimate of drug-likeness (QED) is 0.254. The Morgan fingerprint density at radius 2 is 1.26 bits per heavy atom. The van der Waals surface area contributed by atoms with Crippen LogP contribution in [-0.4, -0.2) is 118 Å². The SMILES string of the molecule is CO[C@@H]1C(O)C(O)[C@@H](OC2C(C(=O)O)OC(O)[C@@H](O)[C@H]2OC)O[C@@H]1C(=O)O. The van der Waals surface area contributed by atoms with Crippen molar-refractivity contribution < 1.29 is 63.9 Å². The molecule has 2 heterocycles. The Kier molecular flexibility index (Phi) is 7.07. The molecule has 0 spiro atoms. The van der Waals surface area contributed by atoms with E-state index in [0.717, 1.165) is 14.2 Å². The zero-order valence-electron chi connectivity index (χ0n) is 14.3. The highest BCUT2D eigenvalue weighted by Gasteiger charge is 2.54. The minimum absolute atomic E-state index is 1.11. The van der Waals surface area contributed by atoms with Crippen molar-refractivity contribution in [1.29, 1.82) is 0 Å². The maximum atomic E-state index is 11.4. The van der Waals surface area contributed by atoms with Gasteiger partial charge in [0.25, 0.3) is 0 Å². The van der Waals surface area contributed by atoms with E-state index >= 15 is 0 Å². The van der Waals surface area contributed by atoms with Crippen molar-refractivity contribution >= 4 is 11.9 Å². The van der Waals surface area contributed by atoms with Gasteiger partial charge in [0, 0.05) is 14.2 Å². The molecule has 0 aromatic rings. The smallest absolute Gasteiger partial charge is 0.335 e. The number of carbonyl (C=O) groups is 2. The molecule has 0 aliphatic carbocycles. The van der Waals surface area contributed by atoms with Crippen molar-refractivity contribution in [3.05, 3.63) is 0 Å². The number of aliphatic hydroxyl groups is 4. The Morgan fingerprint density at radius 1 is 0.741 bits per heavy atom. The van der Waals surface area contributed by atoms with Crippen LogP contribution in [-0.2, 0) is 33.3 Å². The fourth-order valence-electron chi connectivity index (χ4n) is 3.02. The van der Waals surface area contributed by atoms with Gasteiger partial charge < -0.3 is 54.3 Å². The van der Waals surface area contributed by atoms with Crippen molar-refractivity contribution in [2.45, 2.75) is 61.4 Å². The molecule has 13 nitrogen and oxygen atoms in total. The molecule has 2 fully saturated rings. The average Bonchev–Trinajstić information content (AvgIpc) is 2.61. The predicted molar refractivity (Wildman–Crippen MR) is 79.3 cm³/mol. The van der Waals surface area contributed by atoms with Crippen LogP contribution in [0.1, 0.15) is 0 Å². The lowest BCUT2D eigenvalue weighted by Crippen LogP contribution is -2.66. The van der Waals surface area contributed by atoms with E-state index in [1.54, 1.807) is 0 Å². The first-order valence-electron chi connectivity index (χ1n) is 7.83. The summed E-state index contributed by atoms with van der Waals surface area (Å²) < 4.78 is 25.0. The summed E-state index contributed by atoms with van der Waals surface area (Å²) in [4.78, 5) is 22.7. The van der Waals surface area contributed by atoms with Crippen LogP contribution in [0.5, 0.6) is 0 Å². The predicted octanol–water partition coefficient (Wildman–Crippen LogP) is -3.90. The van der Waals surface area contributed by atoms with E-state index in [1.807, 2.05) is 0 Å². The summed E-state index contributed by atoms with van der Waals surface area (Å²) in [7, 11) is 2.21. The second kappa shape index (κ2) is 8.72. The van der Waals surface area contributed by atoms with Crippen LogP contribution in [0.25, 0.3) is 0 Å². The number of aliphatic hydroxyl groups excluding tert-OH is 4. The maximum Gasteiger partial charge on any atom is 0.335 e. The van der Waals surface area contributed by atoms with Crippen molar-refractivity contribution in [1.82, 2.24) is 0 Å². The summed E-state index contributed by atoms with van der Waals surface area (Å²) in [5.74, 6) is -3.10. The van der Waals surface area contributed by atoms with E-state index in [2.05, 4.69) is 0 Å². The molecule has 0 amide bonds. The molecule has 13 heteroatoms. The summed E-state index contributed by atoms with van der Waals surface area (Å²) in [6, 6.07) is 0. The first-order valence-corrected chi connectivity index (χ1v) is 7.83. The van der Waals surface area contributed by atoms with Gasteiger partial charge in [0.2, 0.25) is 0 Å². The van der Waals surface area contributed by atoms with Crippen LogP contribution in [0, 0.1) is 0 Å². The van der Waals surface area contributed by atoms with Gasteiger partial charge in [0.1, 0.15) is 36.6 Å². The van der Waals surface area contributed by atoms with Crippen LogP contribution >= 0.6 is 0 Å². The molecule has 0 radical (unpaired) electrons. The molecule has 10 atom stereocenters. The van der Waals surface area contributed by atoms with Crippen molar-refractivity contribution in [3.63, 3.8) is 0 Å². The number of hydrogen-bond acceptors (Lipinski definition) is 11. The standard InChI is InChI=1S/C14H22O13/c1-23-6-3(15)4(16)14(27-9(6)11(18)19)26-8-7(24-2)5(17)13(22)25-10(8)12(20)21/h3-10,13-17,22H,1-2H3,(H,18,19)(H,20,21)/t3?,4?,5-,6+,7+,8?,9-,10?,13?,14-/m0/s1. The molecular weight excluding hydrogens is 376 g/mol. The van der Waals surface area contributed by atoms with Crippen molar-refractivity contribution in [2.75, 3.05) is 14.2 Å². The summed E-state index contributed by atoms with van der Waals surface area (Å²) in [5, 5.41) is 58.3. The molecule has 5 unspecified atom stereocenters. The van der Waals surface area contributed by atoms with E-state index in [4.69, 9.17) is 23.7 Å². The molecule has 0 saturated carbocycles. The average molecular weight is 398 g/mol. The zero-order chi connectivity index (χ0) is 20.5. The number of hydrogen-bond donors (Lipinski definition) is 6. The summed E-state index contributed by atoms with van der Waals surface area (Å²) >= 11 is 0. The summed E-state index contributed by atoms with van der Waals surface area (Å²) in [6.45, 7) is 0. The van der Waals surface area contributed by atoms with Gasteiger partial charge in [0.05, 0.1) is 0 Å². The largest absolute Gasteiger partial charge is 0.479 e. The molecule has 2 rings (SSSR count). The van der Waals surface area contributed by atoms with E-state index in [1.165, 1.54) is 0 Å². The highest BCUT2D eigenvalue weighted by atomic mass is 16.7. The van der Waals surface area contributed by atoms with Gasteiger partial charge in [-0.15, -0.1) is 0 Å². The van der Waals surface area contributed by atoms with Gasteiger partial charge in [-0.3, -0.25) is 0 Å². The lowest BCUT2D eigenvalue weighted by molar-refractivity contribution is -0.349. The molecule has 2 aliphatic heterocycles. The van der Waals surface area contributed by atoms with Gasteiger partial charge in [-0.05, 0) is 0 Å². The van der Waals surface area contributed by atoms with E-state index in [-0.39, 0.29) is 0 Å². The third-order valence-electron chi connectivity index (χ3n) is 4.40. The Morgan fingerprint density at radius 3 is 1.74 bits per heavy atom. The third kappa shape index (κ3) is 4.21. The molecule has 0 bridgehead atoms. The van der Waals surface area contributed by atoms with Gasteiger partial charge in [0.15, 0.2) is 24.8 Å². The van der Waals surface area contributed by atoms with Gasteiger partial charge >= 0.3 is 11.9 Å². The fraction of sp³-hybridized carbons (Fsp3) is 0.857. The lowest BCUT2D eigenvalue weighted by Gasteiger charge is -2.45. The molecule has 2 aliphatic rings. The van der Waals surface area contributed by atoms with Crippen molar-refractivity contribution in [2.24, 2.45) is 0 Å². The Labute approximate surface area is 152 Å². The number of carboxylic acids is 2. The van der Waals surface area contributed by atoms with Gasteiger partial charge in [-0.25, -0.2) is 9.59 Å². The molecule has 0 aromatic carbocycles. The summed E-state index contributed by atoms with van der Waals surface area (Å²) in [5.41, 5.74) is 0.